The molecule has 2 aromatic carbocycles. The first-order chi connectivity index (χ1) is 26.3. The zero-order valence-corrected chi connectivity index (χ0v) is 32.3. The minimum absolute atomic E-state index is 0.00258. The summed E-state index contributed by atoms with van der Waals surface area (Å²) in [6, 6.07) is 7.08. The summed E-state index contributed by atoms with van der Waals surface area (Å²) in [4.78, 5) is 120. The first kappa shape index (κ1) is 46.9. The van der Waals surface area contributed by atoms with Crippen molar-refractivity contribution < 1.29 is 62.9 Å². The van der Waals surface area contributed by atoms with Gasteiger partial charge in [-0.25, -0.2) is 0 Å². The average molecular weight is 823 g/mol. The van der Waals surface area contributed by atoms with Crippen molar-refractivity contribution in [3.8, 4) is 0 Å². The fourth-order valence-corrected chi connectivity index (χ4v) is 6.45. The number of thioether (sulfide) groups is 1. The van der Waals surface area contributed by atoms with Gasteiger partial charge in [0.1, 0.15) is 30.2 Å². The minimum Gasteiger partial charge on any atom is -0.481 e. The molecule has 0 aliphatic carbocycles. The number of nitrogens with one attached hydrogen (secondary N) is 5. The Balaban J connectivity index is 2.51. The van der Waals surface area contributed by atoms with E-state index in [9.17, 15) is 62.9 Å². The lowest BCUT2D eigenvalue weighted by Crippen LogP contribution is -2.60. The molecule has 19 nitrogen and oxygen atoms in total. The van der Waals surface area contributed by atoms with Crippen LogP contribution in [0.15, 0.2) is 54.6 Å². The number of carboxylic acid groups (broad SMARTS) is 2. The van der Waals surface area contributed by atoms with Gasteiger partial charge in [-0.15, -0.1) is 0 Å². The highest BCUT2D eigenvalue weighted by Crippen LogP contribution is 2.38. The van der Waals surface area contributed by atoms with Crippen molar-refractivity contribution in [3.05, 3.63) is 71.3 Å². The first-order valence-corrected chi connectivity index (χ1v) is 20.3. The smallest absolute Gasteiger partial charge is 0.329 e. The number of carbonyl (C=O) groups is 8. The highest BCUT2D eigenvalue weighted by molar-refractivity contribution is 7.98. The number of hydrogen-bond donors (Lipinski definition) is 10. The van der Waals surface area contributed by atoms with E-state index in [1.165, 1.54) is 36.0 Å². The van der Waals surface area contributed by atoms with Crippen LogP contribution < -0.4 is 32.3 Å². The van der Waals surface area contributed by atoms with Crippen molar-refractivity contribution >= 4 is 66.7 Å². The molecule has 0 aliphatic heterocycles. The summed E-state index contributed by atoms with van der Waals surface area (Å²) in [7, 11) is -4.41. The Kier molecular flexibility index (Phi) is 19.2. The molecule has 11 N–H and O–H groups in total. The molecule has 6 amide bonds. The summed E-state index contributed by atoms with van der Waals surface area (Å²) in [5, 5.41) is 30.6. The van der Waals surface area contributed by atoms with E-state index in [4.69, 9.17) is 5.73 Å². The fourth-order valence-electron chi connectivity index (χ4n) is 5.30. The van der Waals surface area contributed by atoms with Crippen LogP contribution in [0.25, 0.3) is 0 Å². The Bertz CT molecular complexity index is 1760. The highest BCUT2D eigenvalue weighted by Gasteiger charge is 2.33. The number of aliphatic carboxylic acids is 2. The molecule has 2 rings (SSSR count). The standard InChI is InChI=1S/C35H47N6O13PS/c1-20(42)37-24(12-13-29(43)44)32(48)40-27(16-21-6-4-3-5-7-21)35(51)41-28(17-22-8-10-23(11-9-22)19-55(52,53)54)34(50)38-25(14-15-56-2)33(49)39-26(31(36)47)18-30(45)46/h3-11,24-28H,12-19H2,1-2H3,(H2,36,47)(H,37,42)(H,38,50)(H,39,49)(H,40,48)(H,41,51)(H,43,44)(H,45,46)(H2,52,53,54)/t24-,25-,26-,27-,28-/m0/s1. The van der Waals surface area contributed by atoms with Crippen molar-refractivity contribution in [3.63, 3.8) is 0 Å². The normalized spacial score (nSPS) is 13.8. The first-order valence-electron chi connectivity index (χ1n) is 17.1. The van der Waals surface area contributed by atoms with E-state index in [1.807, 2.05) is 0 Å². The molecule has 2 aromatic rings. The molecule has 0 saturated carbocycles. The third kappa shape index (κ3) is 17.9. The van der Waals surface area contributed by atoms with Crippen LogP contribution in [0.5, 0.6) is 0 Å². The van der Waals surface area contributed by atoms with E-state index in [2.05, 4.69) is 26.6 Å². The van der Waals surface area contributed by atoms with Gasteiger partial charge in [0.05, 0.1) is 12.6 Å². The number of carboxylic acids is 2. The summed E-state index contributed by atoms with van der Waals surface area (Å²) in [5.74, 6) is -7.69. The predicted molar refractivity (Wildman–Crippen MR) is 203 cm³/mol. The van der Waals surface area contributed by atoms with E-state index in [0.29, 0.717) is 16.9 Å². The predicted octanol–water partition coefficient (Wildman–Crippen LogP) is -0.829. The van der Waals surface area contributed by atoms with Crippen LogP contribution >= 0.6 is 19.4 Å². The van der Waals surface area contributed by atoms with E-state index in [-0.39, 0.29) is 31.2 Å². The molecule has 56 heavy (non-hydrogen) atoms. The largest absolute Gasteiger partial charge is 0.481 e. The maximum atomic E-state index is 14.1. The van der Waals surface area contributed by atoms with Crippen LogP contribution in [0.4, 0.5) is 0 Å². The molecule has 0 aromatic heterocycles. The monoisotopic (exact) mass is 822 g/mol. The second kappa shape index (κ2) is 22.9. The lowest BCUT2D eigenvalue weighted by molar-refractivity contribution is -0.140. The van der Waals surface area contributed by atoms with Crippen LogP contribution in [0.1, 0.15) is 49.3 Å². The van der Waals surface area contributed by atoms with Gasteiger partial charge in [-0.1, -0.05) is 54.6 Å². The molecule has 0 spiro atoms. The number of carbonyl (C=O) groups excluding carboxylic acids is 6. The Morgan fingerprint density at radius 3 is 1.54 bits per heavy atom. The molecule has 0 bridgehead atoms. The SMILES string of the molecule is CSCC[C@H](NC(=O)[C@H](Cc1ccc(CP(=O)(O)O)cc1)NC(=O)[C@H](Cc1ccccc1)NC(=O)[C@H](CCC(=O)O)NC(C)=O)C(=O)N[C@@H](CC(=O)O)C(N)=O. The van der Waals surface area contributed by atoms with Gasteiger partial charge in [-0.2, -0.15) is 11.8 Å². The number of rotatable bonds is 24. The number of amides is 6. The third-order valence-corrected chi connectivity index (χ3v) is 9.44. The molecule has 0 aliphatic rings. The summed E-state index contributed by atoms with van der Waals surface area (Å²) >= 11 is 1.32. The molecule has 0 unspecified atom stereocenters. The second-order valence-electron chi connectivity index (χ2n) is 12.7. The zero-order valence-electron chi connectivity index (χ0n) is 30.6. The molecule has 5 atom stereocenters. The fraction of sp³-hybridized carbons (Fsp3) is 0.429. The Morgan fingerprint density at radius 2 is 1.09 bits per heavy atom. The van der Waals surface area contributed by atoms with E-state index < -0.39 is 104 Å². The maximum Gasteiger partial charge on any atom is 0.329 e. The van der Waals surface area contributed by atoms with Crippen LogP contribution in [0, 0.1) is 0 Å². The van der Waals surface area contributed by atoms with Crippen LogP contribution in [-0.2, 0) is 61.9 Å². The average Bonchev–Trinajstić information content (AvgIpc) is 3.10. The number of benzene rings is 2. The number of nitrogens with two attached hydrogens (primary N) is 1. The van der Waals surface area contributed by atoms with Crippen LogP contribution in [0.3, 0.4) is 0 Å². The molecule has 0 fully saturated rings. The lowest BCUT2D eigenvalue weighted by Gasteiger charge is -2.27. The molecule has 21 heteroatoms. The number of primary amides is 1. The molecule has 0 saturated heterocycles. The molecule has 0 radical (unpaired) electrons. The van der Waals surface area contributed by atoms with Crippen molar-refractivity contribution in [1.29, 1.82) is 0 Å². The molecule has 306 valence electrons. The van der Waals surface area contributed by atoms with Gasteiger partial charge in [0.15, 0.2) is 0 Å². The van der Waals surface area contributed by atoms with Crippen molar-refractivity contribution in [2.45, 2.75) is 81.8 Å². The highest BCUT2D eigenvalue weighted by atomic mass is 32.2. The van der Waals surface area contributed by atoms with Gasteiger partial charge in [-0.3, -0.25) is 42.9 Å². The van der Waals surface area contributed by atoms with Crippen molar-refractivity contribution in [1.82, 2.24) is 26.6 Å². The topological polar surface area (TPSA) is 321 Å². The molecular weight excluding hydrogens is 775 g/mol. The van der Waals surface area contributed by atoms with E-state index >= 15 is 0 Å². The van der Waals surface area contributed by atoms with Gasteiger partial charge < -0.3 is 52.3 Å². The number of hydrogen-bond acceptors (Lipinski definition) is 10. The minimum atomic E-state index is -4.41. The van der Waals surface area contributed by atoms with Gasteiger partial charge in [0, 0.05) is 26.2 Å². The summed E-state index contributed by atoms with van der Waals surface area (Å²) in [6.45, 7) is 1.13. The lowest BCUT2D eigenvalue weighted by atomic mass is 10.0. The molecule has 0 heterocycles. The molecular formula is C35H47N6O13PS. The van der Waals surface area contributed by atoms with Gasteiger partial charge >= 0.3 is 19.5 Å². The zero-order chi connectivity index (χ0) is 42.0. The van der Waals surface area contributed by atoms with Crippen molar-refractivity contribution in [2.24, 2.45) is 5.73 Å². The Labute approximate surface area is 326 Å². The summed E-state index contributed by atoms with van der Waals surface area (Å²) in [6.07, 6.45) is -0.791. The van der Waals surface area contributed by atoms with Crippen molar-refractivity contribution in [2.75, 3.05) is 12.0 Å². The van der Waals surface area contributed by atoms with Gasteiger partial charge in [0.2, 0.25) is 35.4 Å². The maximum absolute atomic E-state index is 14.1. The quantitative estimate of drug-likeness (QED) is 0.0579. The second-order valence-corrected chi connectivity index (χ2v) is 15.4. The summed E-state index contributed by atoms with van der Waals surface area (Å²) < 4.78 is 11.5. The Hall–Kier alpha value is -5.30. The van der Waals surface area contributed by atoms with Crippen LogP contribution in [-0.4, -0.2) is 110 Å². The Morgan fingerprint density at radius 1 is 0.643 bits per heavy atom. The summed E-state index contributed by atoms with van der Waals surface area (Å²) in [5.41, 5.74) is 6.55. The van der Waals surface area contributed by atoms with Crippen LogP contribution in [0.2, 0.25) is 0 Å². The third-order valence-electron chi connectivity index (χ3n) is 8.02. The van der Waals surface area contributed by atoms with Gasteiger partial charge in [-0.05, 0) is 41.5 Å². The van der Waals surface area contributed by atoms with E-state index in [1.54, 1.807) is 36.6 Å². The van der Waals surface area contributed by atoms with Gasteiger partial charge in [0.25, 0.3) is 0 Å². The van der Waals surface area contributed by atoms with E-state index in [0.717, 1.165) is 6.92 Å².